The summed E-state index contributed by atoms with van der Waals surface area (Å²) in [6, 6.07) is 7.64. The zero-order valence-electron chi connectivity index (χ0n) is 15.9. The topological polar surface area (TPSA) is 93.0 Å². The molecule has 2 aliphatic rings. The first-order valence-corrected chi connectivity index (χ1v) is 10.8. The lowest BCUT2D eigenvalue weighted by molar-refractivity contribution is -0.137. The minimum absolute atomic E-state index is 0.0900. The number of nitrogens with zero attached hydrogens (tertiary/aromatic N) is 3. The van der Waals surface area contributed by atoms with Gasteiger partial charge >= 0.3 is 0 Å². The van der Waals surface area contributed by atoms with Gasteiger partial charge in [0.05, 0.1) is 0 Å². The fourth-order valence-electron chi connectivity index (χ4n) is 3.85. The Morgan fingerprint density at radius 1 is 1.14 bits per heavy atom. The van der Waals surface area contributed by atoms with Crippen molar-refractivity contribution in [1.29, 1.82) is 0 Å². The molecule has 0 radical (unpaired) electrons. The van der Waals surface area contributed by atoms with Crippen molar-refractivity contribution in [2.45, 2.75) is 37.7 Å². The maximum absolute atomic E-state index is 13.0. The van der Waals surface area contributed by atoms with E-state index >= 15 is 0 Å². The molecule has 1 aromatic carbocycles. The summed E-state index contributed by atoms with van der Waals surface area (Å²) in [6.45, 7) is 4.63. The second-order valence-corrected chi connectivity index (χ2v) is 9.03. The number of hydrogen-bond donors (Lipinski definition) is 0. The SMILES string of the molecule is Cc1noc(C)c1S(=O)(=O)N1CCCN(C(=O)C2Cc3ccccc3O2)CC1. The van der Waals surface area contributed by atoms with Gasteiger partial charge in [0.2, 0.25) is 10.0 Å². The largest absolute Gasteiger partial charge is 0.480 e. The van der Waals surface area contributed by atoms with Crippen molar-refractivity contribution in [2.75, 3.05) is 26.2 Å². The van der Waals surface area contributed by atoms with Crippen LogP contribution in [0.1, 0.15) is 23.4 Å². The molecule has 4 rings (SSSR count). The van der Waals surface area contributed by atoms with E-state index in [-0.39, 0.29) is 23.1 Å². The van der Waals surface area contributed by atoms with Crippen LogP contribution < -0.4 is 4.74 Å². The number of hydrogen-bond acceptors (Lipinski definition) is 6. The van der Waals surface area contributed by atoms with E-state index in [9.17, 15) is 13.2 Å². The Kier molecular flexibility index (Phi) is 4.88. The minimum Gasteiger partial charge on any atom is -0.480 e. The van der Waals surface area contributed by atoms with E-state index in [4.69, 9.17) is 9.26 Å². The van der Waals surface area contributed by atoms with Crippen molar-refractivity contribution in [3.63, 3.8) is 0 Å². The molecule has 1 aromatic heterocycles. The number of fused-ring (bicyclic) bond motifs is 1. The summed E-state index contributed by atoms with van der Waals surface area (Å²) < 4.78 is 38.3. The number of rotatable bonds is 3. The lowest BCUT2D eigenvalue weighted by Crippen LogP contribution is -2.43. The third kappa shape index (κ3) is 3.29. The van der Waals surface area contributed by atoms with Gasteiger partial charge in [0, 0.05) is 32.6 Å². The van der Waals surface area contributed by atoms with Gasteiger partial charge in [0.15, 0.2) is 11.9 Å². The van der Waals surface area contributed by atoms with Gasteiger partial charge < -0.3 is 14.2 Å². The first-order valence-electron chi connectivity index (χ1n) is 9.34. The first-order chi connectivity index (χ1) is 13.4. The Morgan fingerprint density at radius 2 is 1.93 bits per heavy atom. The van der Waals surface area contributed by atoms with Crippen LogP contribution in [0, 0.1) is 13.8 Å². The minimum atomic E-state index is -3.71. The predicted molar refractivity (Wildman–Crippen MR) is 100 cm³/mol. The number of aromatic nitrogens is 1. The van der Waals surface area contributed by atoms with E-state index in [2.05, 4.69) is 5.16 Å². The van der Waals surface area contributed by atoms with Crippen molar-refractivity contribution in [3.8, 4) is 5.75 Å². The van der Waals surface area contributed by atoms with E-state index in [1.165, 1.54) is 4.31 Å². The van der Waals surface area contributed by atoms with Crippen molar-refractivity contribution >= 4 is 15.9 Å². The molecule has 0 aliphatic carbocycles. The molecular weight excluding hydrogens is 382 g/mol. The summed E-state index contributed by atoms with van der Waals surface area (Å²) in [5, 5.41) is 3.75. The molecule has 2 aliphatic heterocycles. The zero-order valence-corrected chi connectivity index (χ0v) is 16.7. The Bertz CT molecular complexity index is 956. The van der Waals surface area contributed by atoms with Crippen LogP contribution in [0.2, 0.25) is 0 Å². The normalized spacial score (nSPS) is 20.5. The Labute approximate surface area is 164 Å². The quantitative estimate of drug-likeness (QED) is 0.769. The number of sulfonamides is 1. The van der Waals surface area contributed by atoms with Gasteiger partial charge in [-0.15, -0.1) is 0 Å². The maximum Gasteiger partial charge on any atom is 0.264 e. The summed E-state index contributed by atoms with van der Waals surface area (Å²) in [6.07, 6.45) is 0.573. The van der Waals surface area contributed by atoms with Gasteiger partial charge in [0.25, 0.3) is 5.91 Å². The molecule has 1 fully saturated rings. The summed E-state index contributed by atoms with van der Waals surface area (Å²) in [5.74, 6) is 0.942. The van der Waals surface area contributed by atoms with E-state index in [1.54, 1.807) is 18.7 Å². The van der Waals surface area contributed by atoms with Crippen LogP contribution >= 0.6 is 0 Å². The molecule has 3 heterocycles. The zero-order chi connectivity index (χ0) is 19.9. The molecule has 1 amide bonds. The summed E-state index contributed by atoms with van der Waals surface area (Å²) in [7, 11) is -3.71. The second kappa shape index (κ2) is 7.21. The van der Waals surface area contributed by atoms with Crippen LogP contribution in [-0.4, -0.2) is 61.0 Å². The van der Waals surface area contributed by atoms with Crippen molar-refractivity contribution in [1.82, 2.24) is 14.4 Å². The molecule has 8 nitrogen and oxygen atoms in total. The average Bonchev–Trinajstić information content (AvgIpc) is 3.14. The second-order valence-electron chi connectivity index (χ2n) is 7.15. The Morgan fingerprint density at radius 3 is 2.64 bits per heavy atom. The highest BCUT2D eigenvalue weighted by Gasteiger charge is 2.36. The van der Waals surface area contributed by atoms with Gasteiger partial charge in [-0.2, -0.15) is 4.31 Å². The number of ether oxygens (including phenoxy) is 1. The fraction of sp³-hybridized carbons (Fsp3) is 0.474. The molecule has 1 atom stereocenters. The Balaban J connectivity index is 1.45. The number of para-hydroxylation sites is 1. The van der Waals surface area contributed by atoms with Crippen molar-refractivity contribution in [2.24, 2.45) is 0 Å². The van der Waals surface area contributed by atoms with E-state index < -0.39 is 16.1 Å². The number of aryl methyl sites for hydroxylation is 2. The number of amides is 1. The van der Waals surface area contributed by atoms with Crippen molar-refractivity contribution in [3.05, 3.63) is 41.3 Å². The highest BCUT2D eigenvalue weighted by molar-refractivity contribution is 7.89. The molecule has 0 N–H and O–H groups in total. The molecule has 0 saturated carbocycles. The number of benzene rings is 1. The number of carbonyl (C=O) groups is 1. The molecule has 0 bridgehead atoms. The maximum atomic E-state index is 13.0. The first kappa shape index (κ1) is 18.9. The summed E-state index contributed by atoms with van der Waals surface area (Å²) >= 11 is 0. The third-order valence-corrected chi connectivity index (χ3v) is 7.40. The monoisotopic (exact) mass is 405 g/mol. The molecule has 9 heteroatoms. The van der Waals surface area contributed by atoms with Gasteiger partial charge in [-0.1, -0.05) is 23.4 Å². The molecule has 1 unspecified atom stereocenters. The van der Waals surface area contributed by atoms with Crippen LogP contribution in [0.15, 0.2) is 33.7 Å². The van der Waals surface area contributed by atoms with Crippen molar-refractivity contribution < 1.29 is 22.5 Å². The van der Waals surface area contributed by atoms with Crippen LogP contribution in [0.4, 0.5) is 0 Å². The average molecular weight is 405 g/mol. The lowest BCUT2D eigenvalue weighted by atomic mass is 10.1. The highest BCUT2D eigenvalue weighted by Crippen LogP contribution is 2.29. The highest BCUT2D eigenvalue weighted by atomic mass is 32.2. The molecular formula is C19H23N3O5S. The lowest BCUT2D eigenvalue weighted by Gasteiger charge is -2.24. The third-order valence-electron chi connectivity index (χ3n) is 5.25. The summed E-state index contributed by atoms with van der Waals surface area (Å²) in [5.41, 5.74) is 1.38. The van der Waals surface area contributed by atoms with E-state index in [1.807, 2.05) is 24.3 Å². The van der Waals surface area contributed by atoms with Gasteiger partial charge in [0.1, 0.15) is 16.3 Å². The van der Waals surface area contributed by atoms with Crippen LogP contribution in [-0.2, 0) is 21.2 Å². The number of carbonyl (C=O) groups excluding carboxylic acids is 1. The van der Waals surface area contributed by atoms with Gasteiger partial charge in [-0.05, 0) is 31.9 Å². The smallest absolute Gasteiger partial charge is 0.264 e. The van der Waals surface area contributed by atoms with E-state index in [0.717, 1.165) is 11.3 Å². The molecule has 2 aromatic rings. The van der Waals surface area contributed by atoms with Crippen LogP contribution in [0.3, 0.4) is 0 Å². The van der Waals surface area contributed by atoms with Gasteiger partial charge in [-0.25, -0.2) is 8.42 Å². The predicted octanol–water partition coefficient (Wildman–Crippen LogP) is 1.52. The summed E-state index contributed by atoms with van der Waals surface area (Å²) in [4.78, 5) is 14.8. The molecule has 1 saturated heterocycles. The van der Waals surface area contributed by atoms with Crippen LogP contribution in [0.5, 0.6) is 5.75 Å². The van der Waals surface area contributed by atoms with E-state index in [0.29, 0.717) is 38.2 Å². The standard InChI is InChI=1S/C19H23N3O5S/c1-13-18(14(2)27-20-13)28(24,25)22-9-5-8-21(10-11-22)19(23)17-12-15-6-3-4-7-16(15)26-17/h3-4,6-7,17H,5,8-12H2,1-2H3. The fourth-order valence-corrected chi connectivity index (χ4v) is 5.61. The molecule has 28 heavy (non-hydrogen) atoms. The van der Waals surface area contributed by atoms with Gasteiger partial charge in [-0.3, -0.25) is 4.79 Å². The van der Waals surface area contributed by atoms with Crippen LogP contribution in [0.25, 0.3) is 0 Å². The Hall–Kier alpha value is -2.39. The molecule has 150 valence electrons. The molecule has 0 spiro atoms.